The molecule has 1 saturated carbocycles. The predicted molar refractivity (Wildman–Crippen MR) is 103 cm³/mol. The molecular weight excluding hydrogens is 328 g/mol. The molecule has 7 heteroatoms. The molecule has 0 saturated heterocycles. The molecule has 7 nitrogen and oxygen atoms in total. The Labute approximate surface area is 156 Å². The van der Waals surface area contributed by atoms with Crippen molar-refractivity contribution in [2.45, 2.75) is 77.8 Å². The van der Waals surface area contributed by atoms with Crippen molar-refractivity contribution in [1.29, 1.82) is 0 Å². The molecular formula is C19H34N6O. The van der Waals surface area contributed by atoms with E-state index in [4.69, 9.17) is 4.99 Å². The van der Waals surface area contributed by atoms with Crippen LogP contribution in [0.2, 0.25) is 0 Å². The Morgan fingerprint density at radius 3 is 2.77 bits per heavy atom. The summed E-state index contributed by atoms with van der Waals surface area (Å²) in [5.41, 5.74) is 0.206. The summed E-state index contributed by atoms with van der Waals surface area (Å²) in [5, 5.41) is 25.0. The highest BCUT2D eigenvalue weighted by Gasteiger charge is 2.31. The first-order valence-corrected chi connectivity index (χ1v) is 10.3. The molecule has 3 rings (SSSR count). The van der Waals surface area contributed by atoms with Crippen molar-refractivity contribution in [2.24, 2.45) is 10.4 Å². The molecule has 1 aliphatic heterocycles. The molecule has 0 aromatic carbocycles. The summed E-state index contributed by atoms with van der Waals surface area (Å²) in [7, 11) is 0. The van der Waals surface area contributed by atoms with E-state index >= 15 is 0 Å². The summed E-state index contributed by atoms with van der Waals surface area (Å²) < 4.78 is 2.23. The van der Waals surface area contributed by atoms with Gasteiger partial charge in [-0.25, -0.2) is 4.99 Å². The number of nitrogens with one attached hydrogen (secondary N) is 2. The summed E-state index contributed by atoms with van der Waals surface area (Å²) in [5.74, 6) is 2.90. The predicted octanol–water partition coefficient (Wildman–Crippen LogP) is 2.00. The molecule has 1 aliphatic carbocycles. The molecule has 2 heterocycles. The second kappa shape index (κ2) is 9.35. The first-order valence-electron chi connectivity index (χ1n) is 10.3. The zero-order chi connectivity index (χ0) is 18.2. The van der Waals surface area contributed by atoms with Gasteiger partial charge in [0.25, 0.3) is 0 Å². The van der Waals surface area contributed by atoms with Crippen LogP contribution in [0.25, 0.3) is 0 Å². The van der Waals surface area contributed by atoms with Gasteiger partial charge < -0.3 is 20.3 Å². The van der Waals surface area contributed by atoms with E-state index in [2.05, 4.69) is 32.3 Å². The average Bonchev–Trinajstić information content (AvgIpc) is 3.08. The molecule has 0 bridgehead atoms. The zero-order valence-electron chi connectivity index (χ0n) is 16.1. The van der Waals surface area contributed by atoms with Crippen LogP contribution in [0.1, 0.15) is 69.9 Å². The summed E-state index contributed by atoms with van der Waals surface area (Å²) in [6, 6.07) is 0. The van der Waals surface area contributed by atoms with E-state index in [1.54, 1.807) is 0 Å². The Kier molecular flexibility index (Phi) is 6.88. The lowest BCUT2D eigenvalue weighted by atomic mass is 9.72. The maximum Gasteiger partial charge on any atom is 0.191 e. The normalized spacial score (nSPS) is 19.8. The van der Waals surface area contributed by atoms with Crippen molar-refractivity contribution >= 4 is 5.96 Å². The van der Waals surface area contributed by atoms with Gasteiger partial charge in [0.05, 0.1) is 0 Å². The second-order valence-corrected chi connectivity index (χ2v) is 7.72. The van der Waals surface area contributed by atoms with Crippen molar-refractivity contribution in [3.8, 4) is 0 Å². The number of aryl methyl sites for hydroxylation is 1. The quantitative estimate of drug-likeness (QED) is 0.510. The minimum Gasteiger partial charge on any atom is -0.396 e. The van der Waals surface area contributed by atoms with E-state index in [0.717, 1.165) is 50.1 Å². The number of guanidine groups is 1. The topological polar surface area (TPSA) is 87.4 Å². The molecule has 0 atom stereocenters. The van der Waals surface area contributed by atoms with Gasteiger partial charge in [0.2, 0.25) is 0 Å². The highest BCUT2D eigenvalue weighted by atomic mass is 16.3. The number of aliphatic hydroxyl groups is 1. The lowest BCUT2D eigenvalue weighted by molar-refractivity contribution is 0.131. The average molecular weight is 363 g/mol. The molecule has 26 heavy (non-hydrogen) atoms. The van der Waals surface area contributed by atoms with Crippen LogP contribution in [0.15, 0.2) is 4.99 Å². The Bertz CT molecular complexity index is 585. The third kappa shape index (κ3) is 4.75. The number of hydrogen-bond acceptors (Lipinski definition) is 4. The van der Waals surface area contributed by atoms with E-state index in [1.165, 1.54) is 44.9 Å². The van der Waals surface area contributed by atoms with E-state index in [-0.39, 0.29) is 12.0 Å². The lowest BCUT2D eigenvalue weighted by Crippen LogP contribution is -2.45. The summed E-state index contributed by atoms with van der Waals surface area (Å²) in [4.78, 5) is 4.75. The van der Waals surface area contributed by atoms with Gasteiger partial charge in [-0.15, -0.1) is 10.2 Å². The summed E-state index contributed by atoms with van der Waals surface area (Å²) in [6.45, 7) is 5.61. The number of nitrogens with zero attached hydrogens (tertiary/aromatic N) is 4. The first kappa shape index (κ1) is 19.1. The molecule has 0 unspecified atom stereocenters. The molecule has 2 aliphatic rings. The third-order valence-corrected chi connectivity index (χ3v) is 5.85. The van der Waals surface area contributed by atoms with Gasteiger partial charge in [-0.05, 0) is 44.4 Å². The van der Waals surface area contributed by atoms with Crippen LogP contribution in [0.3, 0.4) is 0 Å². The van der Waals surface area contributed by atoms with Crippen LogP contribution < -0.4 is 10.6 Å². The minimum absolute atomic E-state index is 0.206. The van der Waals surface area contributed by atoms with Crippen LogP contribution in [-0.4, -0.2) is 45.5 Å². The summed E-state index contributed by atoms with van der Waals surface area (Å²) >= 11 is 0. The van der Waals surface area contributed by atoms with Crippen molar-refractivity contribution in [3.05, 3.63) is 11.6 Å². The molecule has 1 aromatic rings. The Morgan fingerprint density at radius 1 is 1.15 bits per heavy atom. The molecule has 0 spiro atoms. The van der Waals surface area contributed by atoms with Crippen LogP contribution in [0.5, 0.6) is 0 Å². The third-order valence-electron chi connectivity index (χ3n) is 5.85. The van der Waals surface area contributed by atoms with Crippen LogP contribution in [0, 0.1) is 5.41 Å². The van der Waals surface area contributed by atoms with Crippen LogP contribution in [0.4, 0.5) is 0 Å². The van der Waals surface area contributed by atoms with E-state index in [9.17, 15) is 5.11 Å². The summed E-state index contributed by atoms with van der Waals surface area (Å²) in [6.07, 6.45) is 10.5. The number of aromatic nitrogens is 3. The number of aliphatic hydroxyl groups excluding tert-OH is 1. The zero-order valence-corrected chi connectivity index (χ0v) is 16.1. The van der Waals surface area contributed by atoms with Crippen molar-refractivity contribution in [1.82, 2.24) is 25.4 Å². The van der Waals surface area contributed by atoms with Gasteiger partial charge in [0, 0.05) is 32.7 Å². The Morgan fingerprint density at radius 2 is 2.00 bits per heavy atom. The van der Waals surface area contributed by atoms with Crippen molar-refractivity contribution < 1.29 is 5.11 Å². The fourth-order valence-electron chi connectivity index (χ4n) is 4.30. The van der Waals surface area contributed by atoms with E-state index in [1.807, 2.05) is 0 Å². The van der Waals surface area contributed by atoms with Crippen LogP contribution in [-0.2, 0) is 19.5 Å². The standard InChI is InChI=1S/C19H34N6O/c1-2-20-18(22-15-19(11-13-26)9-5-3-6-10-19)21-14-17-24-23-16-8-4-7-12-25(16)17/h26H,2-15H2,1H3,(H2,20,21,22). The highest BCUT2D eigenvalue weighted by molar-refractivity contribution is 5.79. The molecule has 0 amide bonds. The SMILES string of the molecule is CCNC(=NCc1nnc2n1CCCC2)NCC1(CCO)CCCCC1. The van der Waals surface area contributed by atoms with Gasteiger partial charge in [0.1, 0.15) is 12.4 Å². The van der Waals surface area contributed by atoms with E-state index < -0.39 is 0 Å². The largest absolute Gasteiger partial charge is 0.396 e. The van der Waals surface area contributed by atoms with Gasteiger partial charge >= 0.3 is 0 Å². The number of fused-ring (bicyclic) bond motifs is 1. The highest BCUT2D eigenvalue weighted by Crippen LogP contribution is 2.38. The van der Waals surface area contributed by atoms with E-state index in [0.29, 0.717) is 6.54 Å². The fraction of sp³-hybridized carbons (Fsp3) is 0.842. The number of rotatable bonds is 7. The number of hydrogen-bond donors (Lipinski definition) is 3. The van der Waals surface area contributed by atoms with Gasteiger partial charge in [-0.2, -0.15) is 0 Å². The van der Waals surface area contributed by atoms with Crippen molar-refractivity contribution in [2.75, 3.05) is 19.7 Å². The fourth-order valence-corrected chi connectivity index (χ4v) is 4.30. The van der Waals surface area contributed by atoms with Crippen LogP contribution >= 0.6 is 0 Å². The Balaban J connectivity index is 1.62. The first-order chi connectivity index (χ1) is 12.8. The lowest BCUT2D eigenvalue weighted by Gasteiger charge is -2.37. The van der Waals surface area contributed by atoms with Gasteiger partial charge in [-0.3, -0.25) is 0 Å². The smallest absolute Gasteiger partial charge is 0.191 e. The molecule has 1 aromatic heterocycles. The molecule has 0 radical (unpaired) electrons. The molecule has 1 fully saturated rings. The Hall–Kier alpha value is -1.63. The number of aliphatic imine (C=N–C) groups is 1. The molecule has 3 N–H and O–H groups in total. The molecule has 146 valence electrons. The maximum atomic E-state index is 9.50. The van der Waals surface area contributed by atoms with Gasteiger partial charge in [-0.1, -0.05) is 19.3 Å². The van der Waals surface area contributed by atoms with Gasteiger partial charge in [0.15, 0.2) is 11.8 Å². The second-order valence-electron chi connectivity index (χ2n) is 7.72. The monoisotopic (exact) mass is 362 g/mol. The minimum atomic E-state index is 0.206. The van der Waals surface area contributed by atoms with Crippen molar-refractivity contribution in [3.63, 3.8) is 0 Å². The maximum absolute atomic E-state index is 9.50.